The van der Waals surface area contributed by atoms with Crippen molar-refractivity contribution in [3.63, 3.8) is 0 Å². The molecule has 0 radical (unpaired) electrons. The highest BCUT2D eigenvalue weighted by molar-refractivity contribution is 8.26. The van der Waals surface area contributed by atoms with Crippen LogP contribution in [0.1, 0.15) is 11.1 Å². The van der Waals surface area contributed by atoms with E-state index in [-0.39, 0.29) is 5.91 Å². The van der Waals surface area contributed by atoms with Crippen LogP contribution in [0, 0.1) is 0 Å². The average Bonchev–Trinajstić information content (AvgIpc) is 2.97. The number of halogens is 1. The van der Waals surface area contributed by atoms with Gasteiger partial charge in [-0.15, -0.1) is 0 Å². The van der Waals surface area contributed by atoms with Gasteiger partial charge in [0.2, 0.25) is 0 Å². The maximum Gasteiger partial charge on any atom is 0.266 e. The molecule has 0 unspecified atom stereocenters. The zero-order chi connectivity index (χ0) is 20.3. The Hall–Kier alpha value is -2.22. The molecule has 1 saturated heterocycles. The van der Waals surface area contributed by atoms with E-state index in [9.17, 15) is 4.79 Å². The molecular formula is C20H18ClNO4S2. The molecule has 0 bridgehead atoms. The van der Waals surface area contributed by atoms with E-state index in [4.69, 9.17) is 38.0 Å². The first-order chi connectivity index (χ1) is 13.5. The largest absolute Gasteiger partial charge is 0.497 e. The van der Waals surface area contributed by atoms with Crippen LogP contribution in [0.2, 0.25) is 5.02 Å². The van der Waals surface area contributed by atoms with Crippen LogP contribution in [0.4, 0.5) is 0 Å². The van der Waals surface area contributed by atoms with Crippen LogP contribution in [0.3, 0.4) is 0 Å². The standard InChI is InChI=1S/C20H18ClNO4S2/c1-24-14-6-4-12(5-7-14)11-22-19(23)18(28-20(22)27)9-13-8-16(25-2)17(26-3)10-15(13)21/h4-10H,11H2,1-3H3/b18-9-. The Labute approximate surface area is 178 Å². The Morgan fingerprint density at radius 3 is 2.32 bits per heavy atom. The van der Waals surface area contributed by atoms with Crippen molar-refractivity contribution in [2.45, 2.75) is 6.54 Å². The number of nitrogens with zero attached hydrogens (tertiary/aromatic N) is 1. The highest BCUT2D eigenvalue weighted by Crippen LogP contribution is 2.38. The number of amides is 1. The molecule has 0 saturated carbocycles. The summed E-state index contributed by atoms with van der Waals surface area (Å²) in [6.07, 6.45) is 1.72. The molecule has 1 heterocycles. The van der Waals surface area contributed by atoms with Crippen molar-refractivity contribution in [1.29, 1.82) is 0 Å². The zero-order valence-electron chi connectivity index (χ0n) is 15.5. The molecule has 0 N–H and O–H groups in total. The summed E-state index contributed by atoms with van der Waals surface area (Å²) in [7, 11) is 4.70. The molecule has 1 aliphatic rings. The van der Waals surface area contributed by atoms with Gasteiger partial charge in [0.05, 0.1) is 37.8 Å². The fourth-order valence-electron chi connectivity index (χ4n) is 2.67. The number of hydrogen-bond acceptors (Lipinski definition) is 6. The summed E-state index contributed by atoms with van der Waals surface area (Å²) in [6, 6.07) is 10.9. The van der Waals surface area contributed by atoms with E-state index in [1.807, 2.05) is 24.3 Å². The van der Waals surface area contributed by atoms with Gasteiger partial charge in [0.1, 0.15) is 10.1 Å². The smallest absolute Gasteiger partial charge is 0.266 e. The lowest BCUT2D eigenvalue weighted by Gasteiger charge is -2.14. The van der Waals surface area contributed by atoms with Crippen LogP contribution < -0.4 is 14.2 Å². The average molecular weight is 436 g/mol. The zero-order valence-corrected chi connectivity index (χ0v) is 17.9. The van der Waals surface area contributed by atoms with Crippen molar-refractivity contribution < 1.29 is 19.0 Å². The fourth-order valence-corrected chi connectivity index (χ4v) is 4.13. The molecule has 0 aliphatic carbocycles. The Bertz CT molecular complexity index is 944. The van der Waals surface area contributed by atoms with Crippen molar-refractivity contribution in [2.75, 3.05) is 21.3 Å². The number of thiocarbonyl (C=S) groups is 1. The second-order valence-corrected chi connectivity index (χ2v) is 7.93. The lowest BCUT2D eigenvalue weighted by molar-refractivity contribution is -0.122. The molecule has 2 aromatic rings. The van der Waals surface area contributed by atoms with E-state index < -0.39 is 0 Å². The van der Waals surface area contributed by atoms with E-state index in [2.05, 4.69) is 0 Å². The van der Waals surface area contributed by atoms with Gasteiger partial charge in [-0.25, -0.2) is 0 Å². The molecule has 1 aliphatic heterocycles. The van der Waals surface area contributed by atoms with Gasteiger partial charge < -0.3 is 14.2 Å². The minimum absolute atomic E-state index is 0.156. The summed E-state index contributed by atoms with van der Waals surface area (Å²) in [6.45, 7) is 0.395. The molecule has 1 amide bonds. The molecule has 0 atom stereocenters. The minimum atomic E-state index is -0.156. The van der Waals surface area contributed by atoms with E-state index in [1.165, 1.54) is 18.9 Å². The molecule has 5 nitrogen and oxygen atoms in total. The third-order valence-corrected chi connectivity index (χ3v) is 5.87. The second kappa shape index (κ2) is 8.86. The van der Waals surface area contributed by atoms with Crippen LogP contribution >= 0.6 is 35.6 Å². The number of benzene rings is 2. The number of methoxy groups -OCH3 is 3. The normalized spacial score (nSPS) is 15.3. The number of thioether (sulfide) groups is 1. The van der Waals surface area contributed by atoms with Crippen molar-refractivity contribution >= 4 is 51.9 Å². The van der Waals surface area contributed by atoms with Gasteiger partial charge >= 0.3 is 0 Å². The van der Waals surface area contributed by atoms with Gasteiger partial charge in [-0.2, -0.15) is 0 Å². The SMILES string of the molecule is COc1ccc(CN2C(=O)/C(=C/c3cc(OC)c(OC)cc3Cl)SC2=S)cc1. The number of ether oxygens (including phenoxy) is 3. The predicted octanol–water partition coefficient (Wildman–Crippen LogP) is 4.77. The third-order valence-electron chi connectivity index (χ3n) is 4.16. The van der Waals surface area contributed by atoms with Gasteiger partial charge in [0.15, 0.2) is 11.5 Å². The summed E-state index contributed by atoms with van der Waals surface area (Å²) < 4.78 is 16.2. The van der Waals surface area contributed by atoms with Crippen molar-refractivity contribution in [3.05, 3.63) is 57.5 Å². The van der Waals surface area contributed by atoms with Crippen LogP contribution in [-0.2, 0) is 11.3 Å². The molecule has 146 valence electrons. The molecule has 8 heteroatoms. The monoisotopic (exact) mass is 435 g/mol. The number of carbonyl (C=O) groups excluding carboxylic acids is 1. The first kappa shape index (κ1) is 20.5. The van der Waals surface area contributed by atoms with Crippen molar-refractivity contribution in [3.8, 4) is 17.2 Å². The van der Waals surface area contributed by atoms with E-state index in [0.717, 1.165) is 11.3 Å². The summed E-state index contributed by atoms with van der Waals surface area (Å²) in [5.41, 5.74) is 1.62. The van der Waals surface area contributed by atoms with Crippen LogP contribution in [-0.4, -0.2) is 36.5 Å². The Balaban J connectivity index is 1.84. The Morgan fingerprint density at radius 2 is 1.71 bits per heavy atom. The van der Waals surface area contributed by atoms with Crippen LogP contribution in [0.15, 0.2) is 41.3 Å². The maximum atomic E-state index is 12.9. The molecule has 28 heavy (non-hydrogen) atoms. The fraction of sp³-hybridized carbons (Fsp3) is 0.200. The minimum Gasteiger partial charge on any atom is -0.497 e. The molecule has 2 aromatic carbocycles. The molecule has 3 rings (SSSR count). The summed E-state index contributed by atoms with van der Waals surface area (Å²) in [5.74, 6) is 1.66. The molecule has 0 aromatic heterocycles. The molecular weight excluding hydrogens is 418 g/mol. The maximum absolute atomic E-state index is 12.9. The molecule has 1 fully saturated rings. The highest BCUT2D eigenvalue weighted by atomic mass is 35.5. The van der Waals surface area contributed by atoms with E-state index in [0.29, 0.717) is 37.9 Å². The topological polar surface area (TPSA) is 48.0 Å². The predicted molar refractivity (Wildman–Crippen MR) is 116 cm³/mol. The number of hydrogen-bond donors (Lipinski definition) is 0. The van der Waals surface area contributed by atoms with E-state index >= 15 is 0 Å². The van der Waals surface area contributed by atoms with Crippen LogP contribution in [0.25, 0.3) is 6.08 Å². The first-order valence-electron chi connectivity index (χ1n) is 8.26. The summed E-state index contributed by atoms with van der Waals surface area (Å²) in [4.78, 5) is 14.9. The lowest BCUT2D eigenvalue weighted by Crippen LogP contribution is -2.27. The lowest BCUT2D eigenvalue weighted by atomic mass is 10.1. The second-order valence-electron chi connectivity index (χ2n) is 5.84. The molecule has 0 spiro atoms. The third kappa shape index (κ3) is 4.27. The Kier molecular flexibility index (Phi) is 6.49. The van der Waals surface area contributed by atoms with Gasteiger partial charge in [-0.3, -0.25) is 9.69 Å². The van der Waals surface area contributed by atoms with E-state index in [1.54, 1.807) is 37.3 Å². The summed E-state index contributed by atoms with van der Waals surface area (Å²) >= 11 is 13.0. The summed E-state index contributed by atoms with van der Waals surface area (Å²) in [5, 5.41) is 0.457. The van der Waals surface area contributed by atoms with Gasteiger partial charge in [-0.05, 0) is 35.4 Å². The van der Waals surface area contributed by atoms with Gasteiger partial charge in [-0.1, -0.05) is 47.7 Å². The van der Waals surface area contributed by atoms with Crippen molar-refractivity contribution in [2.24, 2.45) is 0 Å². The quantitative estimate of drug-likeness (QED) is 0.481. The number of carbonyl (C=O) groups is 1. The van der Waals surface area contributed by atoms with Gasteiger partial charge in [0.25, 0.3) is 5.91 Å². The van der Waals surface area contributed by atoms with Crippen LogP contribution in [0.5, 0.6) is 17.2 Å². The number of rotatable bonds is 6. The first-order valence-corrected chi connectivity index (χ1v) is 9.87. The highest BCUT2D eigenvalue weighted by Gasteiger charge is 2.32. The van der Waals surface area contributed by atoms with Crippen molar-refractivity contribution in [1.82, 2.24) is 4.90 Å². The van der Waals surface area contributed by atoms with Gasteiger partial charge in [0, 0.05) is 6.07 Å². The Morgan fingerprint density at radius 1 is 1.07 bits per heavy atom.